The van der Waals surface area contributed by atoms with Gasteiger partial charge in [0.2, 0.25) is 10.0 Å². The largest absolute Gasteiger partial charge is 0.480 e. The molecular weight excluding hydrogens is 232 g/mol. The topological polar surface area (TPSA) is 101 Å². The van der Waals surface area contributed by atoms with Crippen LogP contribution < -0.4 is 5.73 Å². The highest BCUT2D eigenvalue weighted by atomic mass is 32.2. The van der Waals surface area contributed by atoms with E-state index in [4.69, 9.17) is 10.8 Å². The molecule has 0 aromatic heterocycles. The third kappa shape index (κ3) is 2.53. The summed E-state index contributed by atoms with van der Waals surface area (Å²) in [5.74, 6) is -1.32. The van der Waals surface area contributed by atoms with E-state index in [1.807, 2.05) is 0 Å². The van der Waals surface area contributed by atoms with Gasteiger partial charge in [0.15, 0.2) is 5.25 Å². The van der Waals surface area contributed by atoms with Crippen LogP contribution in [0.25, 0.3) is 0 Å². The fraction of sp³-hybridized carbons (Fsp3) is 0.889. The van der Waals surface area contributed by atoms with Crippen LogP contribution in [0.4, 0.5) is 0 Å². The van der Waals surface area contributed by atoms with Gasteiger partial charge in [0, 0.05) is 18.6 Å². The van der Waals surface area contributed by atoms with Gasteiger partial charge in [-0.25, -0.2) is 8.42 Å². The van der Waals surface area contributed by atoms with Gasteiger partial charge >= 0.3 is 5.97 Å². The van der Waals surface area contributed by atoms with Crippen molar-refractivity contribution >= 4 is 16.0 Å². The summed E-state index contributed by atoms with van der Waals surface area (Å²) in [6.07, 6.45) is 1.15. The van der Waals surface area contributed by atoms with E-state index in [2.05, 4.69) is 0 Å². The SMILES string of the molecule is CC1CC(N)CCN1S(=O)(=O)C(C)C(=O)O. The first-order chi connectivity index (χ1) is 7.26. The van der Waals surface area contributed by atoms with Crippen LogP contribution in [0.2, 0.25) is 0 Å². The molecule has 6 nitrogen and oxygen atoms in total. The van der Waals surface area contributed by atoms with Crippen molar-refractivity contribution in [2.45, 2.75) is 44.0 Å². The molecule has 0 bridgehead atoms. The summed E-state index contributed by atoms with van der Waals surface area (Å²) >= 11 is 0. The number of nitrogens with two attached hydrogens (primary N) is 1. The molecule has 0 saturated carbocycles. The van der Waals surface area contributed by atoms with E-state index in [-0.39, 0.29) is 12.1 Å². The molecule has 94 valence electrons. The molecule has 0 radical (unpaired) electrons. The lowest BCUT2D eigenvalue weighted by Gasteiger charge is -2.36. The van der Waals surface area contributed by atoms with Gasteiger partial charge in [0.05, 0.1) is 0 Å². The predicted octanol–water partition coefficient (Wildman–Crippen LogP) is -0.399. The van der Waals surface area contributed by atoms with Gasteiger partial charge in [-0.2, -0.15) is 4.31 Å². The Kier molecular flexibility index (Phi) is 3.92. The number of piperidine rings is 1. The van der Waals surface area contributed by atoms with Crippen molar-refractivity contribution in [3.63, 3.8) is 0 Å². The van der Waals surface area contributed by atoms with Crippen molar-refractivity contribution in [2.24, 2.45) is 5.73 Å². The fourth-order valence-electron chi connectivity index (χ4n) is 1.90. The number of rotatable bonds is 3. The van der Waals surface area contributed by atoms with Gasteiger partial charge in [-0.1, -0.05) is 0 Å². The summed E-state index contributed by atoms with van der Waals surface area (Å²) in [6, 6.07) is -0.225. The highest BCUT2D eigenvalue weighted by Gasteiger charge is 2.38. The number of carbonyl (C=O) groups is 1. The Hall–Kier alpha value is -0.660. The van der Waals surface area contributed by atoms with E-state index < -0.39 is 21.2 Å². The number of aliphatic carboxylic acids is 1. The molecule has 3 unspecified atom stereocenters. The summed E-state index contributed by atoms with van der Waals surface area (Å²) in [6.45, 7) is 3.26. The maximum atomic E-state index is 11.9. The lowest BCUT2D eigenvalue weighted by Crippen LogP contribution is -2.51. The minimum atomic E-state index is -3.76. The lowest BCUT2D eigenvalue weighted by molar-refractivity contribution is -0.136. The van der Waals surface area contributed by atoms with E-state index in [1.54, 1.807) is 6.92 Å². The molecule has 1 saturated heterocycles. The normalized spacial score (nSPS) is 29.9. The number of carboxylic acids is 1. The van der Waals surface area contributed by atoms with E-state index in [9.17, 15) is 13.2 Å². The third-order valence-electron chi connectivity index (χ3n) is 2.98. The van der Waals surface area contributed by atoms with E-state index in [0.717, 1.165) is 0 Å². The number of nitrogens with zero attached hydrogens (tertiary/aromatic N) is 1. The molecule has 0 spiro atoms. The van der Waals surface area contributed by atoms with Crippen molar-refractivity contribution in [3.05, 3.63) is 0 Å². The second-order valence-electron chi connectivity index (χ2n) is 4.27. The second-order valence-corrected chi connectivity index (χ2v) is 6.48. The number of hydrogen-bond acceptors (Lipinski definition) is 4. The zero-order chi connectivity index (χ0) is 12.5. The predicted molar refractivity (Wildman–Crippen MR) is 59.4 cm³/mol. The Labute approximate surface area is 95.5 Å². The molecular formula is C9H18N2O4S. The number of hydrogen-bond donors (Lipinski definition) is 2. The lowest BCUT2D eigenvalue weighted by atomic mass is 10.0. The highest BCUT2D eigenvalue weighted by molar-refractivity contribution is 7.90. The molecule has 7 heteroatoms. The van der Waals surface area contributed by atoms with Crippen molar-refractivity contribution in [1.82, 2.24) is 4.31 Å². The summed E-state index contributed by atoms with van der Waals surface area (Å²) in [5.41, 5.74) is 5.73. The van der Waals surface area contributed by atoms with Gasteiger partial charge in [-0.05, 0) is 26.7 Å². The van der Waals surface area contributed by atoms with Gasteiger partial charge in [0.1, 0.15) is 0 Å². The monoisotopic (exact) mass is 250 g/mol. The van der Waals surface area contributed by atoms with E-state index in [1.165, 1.54) is 11.2 Å². The van der Waals surface area contributed by atoms with Crippen molar-refractivity contribution in [2.75, 3.05) is 6.54 Å². The first-order valence-corrected chi connectivity index (χ1v) is 6.76. The molecule has 0 aromatic rings. The average molecular weight is 250 g/mol. The standard InChI is InChI=1S/C9H18N2O4S/c1-6-5-8(10)3-4-11(6)16(14,15)7(2)9(12)13/h6-8H,3-5,10H2,1-2H3,(H,12,13). The summed E-state index contributed by atoms with van der Waals surface area (Å²) in [7, 11) is -3.76. The fourth-order valence-corrected chi connectivity index (χ4v) is 3.50. The first-order valence-electron chi connectivity index (χ1n) is 5.26. The molecule has 16 heavy (non-hydrogen) atoms. The first kappa shape index (κ1) is 13.4. The number of sulfonamides is 1. The summed E-state index contributed by atoms with van der Waals surface area (Å²) < 4.78 is 25.2. The van der Waals surface area contributed by atoms with Crippen LogP contribution in [0.1, 0.15) is 26.7 Å². The zero-order valence-corrected chi connectivity index (χ0v) is 10.3. The van der Waals surface area contributed by atoms with Crippen molar-refractivity contribution in [3.8, 4) is 0 Å². The highest BCUT2D eigenvalue weighted by Crippen LogP contribution is 2.22. The molecule has 1 fully saturated rings. The molecule has 3 N–H and O–H groups in total. The zero-order valence-electron chi connectivity index (χ0n) is 9.46. The van der Waals surface area contributed by atoms with E-state index >= 15 is 0 Å². The minimum Gasteiger partial charge on any atom is -0.480 e. The smallest absolute Gasteiger partial charge is 0.323 e. The van der Waals surface area contributed by atoms with Crippen LogP contribution >= 0.6 is 0 Å². The van der Waals surface area contributed by atoms with Crippen LogP contribution in [0.3, 0.4) is 0 Å². The Morgan fingerprint density at radius 2 is 2.12 bits per heavy atom. The van der Waals surface area contributed by atoms with E-state index in [0.29, 0.717) is 19.4 Å². The molecule has 0 amide bonds. The Balaban J connectivity index is 2.88. The third-order valence-corrected chi connectivity index (χ3v) is 5.27. The minimum absolute atomic E-state index is 0.00147. The Morgan fingerprint density at radius 3 is 2.56 bits per heavy atom. The molecule has 0 aliphatic carbocycles. The molecule has 1 rings (SSSR count). The quantitative estimate of drug-likeness (QED) is 0.710. The molecule has 1 heterocycles. The van der Waals surface area contributed by atoms with Crippen LogP contribution in [-0.4, -0.2) is 47.7 Å². The molecule has 3 atom stereocenters. The van der Waals surface area contributed by atoms with Crippen molar-refractivity contribution < 1.29 is 18.3 Å². The number of carboxylic acid groups (broad SMARTS) is 1. The molecule has 1 aliphatic rings. The van der Waals surface area contributed by atoms with Gasteiger partial charge < -0.3 is 10.8 Å². The van der Waals surface area contributed by atoms with Crippen LogP contribution in [0, 0.1) is 0 Å². The second kappa shape index (κ2) is 4.68. The maximum Gasteiger partial charge on any atom is 0.323 e. The Morgan fingerprint density at radius 1 is 1.56 bits per heavy atom. The van der Waals surface area contributed by atoms with Gasteiger partial charge in [0.25, 0.3) is 0 Å². The van der Waals surface area contributed by atoms with Crippen molar-refractivity contribution in [1.29, 1.82) is 0 Å². The van der Waals surface area contributed by atoms with Gasteiger partial charge in [-0.15, -0.1) is 0 Å². The van der Waals surface area contributed by atoms with Crippen LogP contribution in [0.15, 0.2) is 0 Å². The average Bonchev–Trinajstić information content (AvgIpc) is 2.15. The van der Waals surface area contributed by atoms with Gasteiger partial charge in [-0.3, -0.25) is 4.79 Å². The van der Waals surface area contributed by atoms with Crippen LogP contribution in [-0.2, 0) is 14.8 Å². The molecule has 0 aromatic carbocycles. The van der Waals surface area contributed by atoms with Crippen LogP contribution in [0.5, 0.6) is 0 Å². The summed E-state index contributed by atoms with van der Waals surface area (Å²) in [5, 5.41) is 7.36. The Bertz CT molecular complexity index is 368. The summed E-state index contributed by atoms with van der Waals surface area (Å²) in [4.78, 5) is 10.7. The molecule has 1 aliphatic heterocycles. The maximum absolute atomic E-state index is 11.9.